The average Bonchev–Trinajstić information content (AvgIpc) is 3.43. The van der Waals surface area contributed by atoms with Gasteiger partial charge in [0, 0.05) is 30.5 Å². The molecule has 1 fully saturated rings. The second-order valence-electron chi connectivity index (χ2n) is 11.8. The average molecular weight is 545 g/mol. The Hall–Kier alpha value is -3.11. The molecule has 5 heteroatoms. The van der Waals surface area contributed by atoms with E-state index in [0.717, 1.165) is 42.4 Å². The molecule has 4 rings (SSSR count). The van der Waals surface area contributed by atoms with Crippen LogP contribution in [0.5, 0.6) is 0 Å². The van der Waals surface area contributed by atoms with Gasteiger partial charge in [0.05, 0.1) is 0 Å². The van der Waals surface area contributed by atoms with Crippen LogP contribution in [0.1, 0.15) is 75.1 Å². The Bertz CT molecular complexity index is 1230. The van der Waals surface area contributed by atoms with E-state index >= 15 is 0 Å². The molecule has 1 aliphatic carbocycles. The topological polar surface area (TPSA) is 49.4 Å². The molecule has 39 heavy (non-hydrogen) atoms. The Morgan fingerprint density at radius 1 is 0.897 bits per heavy atom. The van der Waals surface area contributed by atoms with E-state index in [1.165, 1.54) is 5.56 Å². The zero-order valence-corrected chi connectivity index (χ0v) is 24.2. The van der Waals surface area contributed by atoms with Crippen LogP contribution >= 0.6 is 11.6 Å². The van der Waals surface area contributed by atoms with Gasteiger partial charge in [-0.1, -0.05) is 118 Å². The van der Waals surface area contributed by atoms with Gasteiger partial charge in [-0.3, -0.25) is 9.59 Å². The summed E-state index contributed by atoms with van der Waals surface area (Å²) in [5.74, 6) is -0.127. The van der Waals surface area contributed by atoms with Crippen molar-refractivity contribution in [2.75, 3.05) is 0 Å². The molecular weight excluding hydrogens is 504 g/mol. The van der Waals surface area contributed by atoms with E-state index in [9.17, 15) is 9.59 Å². The van der Waals surface area contributed by atoms with Gasteiger partial charge in [-0.05, 0) is 53.0 Å². The summed E-state index contributed by atoms with van der Waals surface area (Å²) >= 11 is 6.54. The third-order valence-corrected chi connectivity index (χ3v) is 8.09. The number of aryl methyl sites for hydroxylation is 1. The van der Waals surface area contributed by atoms with E-state index in [0.29, 0.717) is 24.3 Å². The fourth-order valence-electron chi connectivity index (χ4n) is 5.30. The lowest BCUT2D eigenvalue weighted by molar-refractivity contribution is -0.141. The van der Waals surface area contributed by atoms with Crippen LogP contribution in [0.15, 0.2) is 78.9 Å². The van der Waals surface area contributed by atoms with Crippen LogP contribution in [0.3, 0.4) is 0 Å². The van der Waals surface area contributed by atoms with Gasteiger partial charge in [-0.15, -0.1) is 0 Å². The normalized spacial score (nSPS) is 14.7. The summed E-state index contributed by atoms with van der Waals surface area (Å²) in [4.78, 5) is 29.5. The molecular formula is C34H41ClN2O2. The molecule has 1 aliphatic rings. The molecule has 0 heterocycles. The van der Waals surface area contributed by atoms with Crippen molar-refractivity contribution in [3.63, 3.8) is 0 Å². The molecule has 0 bridgehead atoms. The third-order valence-electron chi connectivity index (χ3n) is 7.72. The van der Waals surface area contributed by atoms with Gasteiger partial charge >= 0.3 is 0 Å². The Balaban J connectivity index is 1.59. The van der Waals surface area contributed by atoms with Gasteiger partial charge in [0.1, 0.15) is 6.04 Å². The second-order valence-corrected chi connectivity index (χ2v) is 12.2. The summed E-state index contributed by atoms with van der Waals surface area (Å²) in [6.07, 6.45) is 5.64. The monoisotopic (exact) mass is 544 g/mol. The van der Waals surface area contributed by atoms with Crippen molar-refractivity contribution in [2.45, 2.75) is 89.8 Å². The Morgan fingerprint density at radius 3 is 2.18 bits per heavy atom. The number of amides is 2. The fraction of sp³-hybridized carbons (Fsp3) is 0.412. The van der Waals surface area contributed by atoms with Crippen LogP contribution in [0.25, 0.3) is 0 Å². The van der Waals surface area contributed by atoms with Crippen LogP contribution in [-0.2, 0) is 34.4 Å². The SMILES string of the molecule is CC(C)(C)c1ccc(CCC(=O)N(Cc2ccccc2Cl)[C@@H](Cc2ccccc2)C(=O)NC2CCCC2)cc1. The van der Waals surface area contributed by atoms with Gasteiger partial charge in [0.25, 0.3) is 0 Å². The van der Waals surface area contributed by atoms with Crippen molar-refractivity contribution < 1.29 is 9.59 Å². The highest BCUT2D eigenvalue weighted by atomic mass is 35.5. The number of rotatable bonds is 10. The standard InChI is InChI=1S/C34H41ClN2O2/c1-34(2,3)28-20-17-25(18-21-28)19-22-32(38)37(24-27-13-7-10-16-30(27)35)31(23-26-11-5-4-6-12-26)33(39)36-29-14-8-9-15-29/h4-7,10-13,16-18,20-21,29,31H,8-9,14-15,19,22-24H2,1-3H3,(H,36,39)/t31-/m0/s1. The smallest absolute Gasteiger partial charge is 0.243 e. The molecule has 1 atom stereocenters. The van der Waals surface area contributed by atoms with Crippen LogP contribution in [0, 0.1) is 0 Å². The first kappa shape index (κ1) is 28.9. The fourth-order valence-corrected chi connectivity index (χ4v) is 5.49. The van der Waals surface area contributed by atoms with Crippen molar-refractivity contribution in [1.82, 2.24) is 10.2 Å². The molecule has 0 spiro atoms. The summed E-state index contributed by atoms with van der Waals surface area (Å²) in [7, 11) is 0. The summed E-state index contributed by atoms with van der Waals surface area (Å²) in [6, 6.07) is 25.6. The van der Waals surface area contributed by atoms with Crippen molar-refractivity contribution >= 4 is 23.4 Å². The van der Waals surface area contributed by atoms with Gasteiger partial charge in [0.15, 0.2) is 0 Å². The second kappa shape index (κ2) is 13.3. The number of halogens is 1. The largest absolute Gasteiger partial charge is 0.352 e. The van der Waals surface area contributed by atoms with Crippen LogP contribution in [0.4, 0.5) is 0 Å². The van der Waals surface area contributed by atoms with E-state index in [1.54, 1.807) is 4.90 Å². The minimum absolute atomic E-state index is 0.0441. The number of benzene rings is 3. The highest BCUT2D eigenvalue weighted by Crippen LogP contribution is 2.25. The van der Waals surface area contributed by atoms with E-state index in [1.807, 2.05) is 54.6 Å². The third kappa shape index (κ3) is 8.19. The predicted octanol–water partition coefficient (Wildman–Crippen LogP) is 7.27. The molecule has 206 valence electrons. The summed E-state index contributed by atoms with van der Waals surface area (Å²) in [6.45, 7) is 6.88. The number of nitrogens with one attached hydrogen (secondary N) is 1. The predicted molar refractivity (Wildman–Crippen MR) is 160 cm³/mol. The maximum absolute atomic E-state index is 13.9. The molecule has 0 radical (unpaired) electrons. The molecule has 2 amide bonds. The number of carbonyl (C=O) groups excluding carboxylic acids is 2. The maximum Gasteiger partial charge on any atom is 0.243 e. The van der Waals surface area contributed by atoms with Crippen molar-refractivity contribution in [3.8, 4) is 0 Å². The lowest BCUT2D eigenvalue weighted by atomic mass is 9.86. The van der Waals surface area contributed by atoms with E-state index in [2.05, 4.69) is 50.4 Å². The van der Waals surface area contributed by atoms with Crippen molar-refractivity contribution in [3.05, 3.63) is 106 Å². The molecule has 0 saturated heterocycles. The highest BCUT2D eigenvalue weighted by Gasteiger charge is 2.32. The number of hydrogen-bond donors (Lipinski definition) is 1. The molecule has 4 nitrogen and oxygen atoms in total. The van der Waals surface area contributed by atoms with Gasteiger partial charge < -0.3 is 10.2 Å². The minimum atomic E-state index is -0.625. The maximum atomic E-state index is 13.9. The van der Waals surface area contributed by atoms with Gasteiger partial charge in [-0.2, -0.15) is 0 Å². The van der Waals surface area contributed by atoms with Crippen LogP contribution < -0.4 is 5.32 Å². The lowest BCUT2D eigenvalue weighted by Gasteiger charge is -2.32. The molecule has 0 aromatic heterocycles. The summed E-state index contributed by atoms with van der Waals surface area (Å²) in [5, 5.41) is 3.86. The van der Waals surface area contributed by atoms with Gasteiger partial charge in [0.2, 0.25) is 11.8 Å². The Morgan fingerprint density at radius 2 is 1.54 bits per heavy atom. The van der Waals surface area contributed by atoms with Crippen LogP contribution in [-0.4, -0.2) is 28.8 Å². The first-order valence-electron chi connectivity index (χ1n) is 14.2. The molecule has 0 aliphatic heterocycles. The first-order chi connectivity index (χ1) is 18.7. The summed E-state index contributed by atoms with van der Waals surface area (Å²) < 4.78 is 0. The summed E-state index contributed by atoms with van der Waals surface area (Å²) in [5.41, 5.74) is 4.33. The number of nitrogens with zero attached hydrogens (tertiary/aromatic N) is 1. The Labute approximate surface area is 238 Å². The Kier molecular flexibility index (Phi) is 9.85. The van der Waals surface area contributed by atoms with E-state index in [4.69, 9.17) is 11.6 Å². The highest BCUT2D eigenvalue weighted by molar-refractivity contribution is 6.31. The number of carbonyl (C=O) groups is 2. The zero-order chi connectivity index (χ0) is 27.8. The van der Waals surface area contributed by atoms with Gasteiger partial charge in [-0.25, -0.2) is 0 Å². The molecule has 1 N–H and O–H groups in total. The molecule has 0 unspecified atom stereocenters. The zero-order valence-electron chi connectivity index (χ0n) is 23.5. The van der Waals surface area contributed by atoms with E-state index in [-0.39, 0.29) is 29.8 Å². The first-order valence-corrected chi connectivity index (χ1v) is 14.5. The van der Waals surface area contributed by atoms with Crippen molar-refractivity contribution in [2.24, 2.45) is 0 Å². The van der Waals surface area contributed by atoms with Crippen molar-refractivity contribution in [1.29, 1.82) is 0 Å². The molecule has 3 aromatic carbocycles. The van der Waals surface area contributed by atoms with Crippen LogP contribution in [0.2, 0.25) is 5.02 Å². The quantitative estimate of drug-likeness (QED) is 0.292. The lowest BCUT2D eigenvalue weighted by Crippen LogP contribution is -2.52. The van der Waals surface area contributed by atoms with E-state index < -0.39 is 6.04 Å². The minimum Gasteiger partial charge on any atom is -0.352 e. The number of hydrogen-bond acceptors (Lipinski definition) is 2. The molecule has 1 saturated carbocycles. The molecule has 3 aromatic rings.